The van der Waals surface area contributed by atoms with Crippen LogP contribution in [0, 0.1) is 0 Å². The van der Waals surface area contributed by atoms with Gasteiger partial charge in [0.25, 0.3) is 5.91 Å². The van der Waals surface area contributed by atoms with Crippen molar-refractivity contribution in [1.29, 1.82) is 0 Å². The fraction of sp³-hybridized carbons (Fsp3) is 0.409. The van der Waals surface area contributed by atoms with E-state index in [0.717, 1.165) is 5.56 Å². The normalized spacial score (nSPS) is 14.1. The lowest BCUT2D eigenvalue weighted by Crippen LogP contribution is -2.57. The lowest BCUT2D eigenvalue weighted by atomic mass is 9.97. The summed E-state index contributed by atoms with van der Waals surface area (Å²) in [6.07, 6.45) is -2.08. The molecule has 0 radical (unpaired) electrons. The van der Waals surface area contributed by atoms with E-state index in [0.29, 0.717) is 17.9 Å². The quantitative estimate of drug-likeness (QED) is 0.500. The fourth-order valence-electron chi connectivity index (χ4n) is 2.71. The molecule has 0 fully saturated rings. The van der Waals surface area contributed by atoms with Gasteiger partial charge >= 0.3 is 5.92 Å². The molecule has 0 spiro atoms. The Labute approximate surface area is 177 Å². The van der Waals surface area contributed by atoms with E-state index in [1.807, 2.05) is 50.0 Å². The van der Waals surface area contributed by atoms with Gasteiger partial charge in [0.15, 0.2) is 0 Å². The smallest absolute Gasteiger partial charge is 0.351 e. The monoisotopic (exact) mass is 436 g/mol. The molecule has 0 saturated heterocycles. The molecule has 2 aromatic rings. The number of hydrogen-bond donors (Lipinski definition) is 3. The molecule has 0 saturated carbocycles. The molecule has 0 heterocycles. The second kappa shape index (κ2) is 10.1. The third-order valence-corrected chi connectivity index (χ3v) is 5.74. The summed E-state index contributed by atoms with van der Waals surface area (Å²) in [5.41, 5.74) is 7.48. The Morgan fingerprint density at radius 1 is 1.10 bits per heavy atom. The predicted molar refractivity (Wildman–Crippen MR) is 116 cm³/mol. The number of alkyl halides is 2. The number of carbonyl (C=O) groups excluding carboxylic acids is 1. The summed E-state index contributed by atoms with van der Waals surface area (Å²) in [7, 11) is -1.75. The van der Waals surface area contributed by atoms with Gasteiger partial charge in [0.05, 0.1) is 8.07 Å². The van der Waals surface area contributed by atoms with Crippen molar-refractivity contribution in [2.45, 2.75) is 50.7 Å². The van der Waals surface area contributed by atoms with Crippen LogP contribution >= 0.6 is 0 Å². The van der Waals surface area contributed by atoms with Gasteiger partial charge in [-0.1, -0.05) is 62.1 Å². The number of aliphatic hydroxyl groups is 1. The molecule has 0 aliphatic rings. The highest BCUT2D eigenvalue weighted by molar-refractivity contribution is 6.76. The van der Waals surface area contributed by atoms with E-state index >= 15 is 0 Å². The van der Waals surface area contributed by atoms with Crippen molar-refractivity contribution in [2.24, 2.45) is 5.73 Å². The zero-order valence-corrected chi connectivity index (χ0v) is 18.6. The number of nitrogens with two attached hydrogens (primary N) is 1. The van der Waals surface area contributed by atoms with Crippen LogP contribution in [0.25, 0.3) is 0 Å². The van der Waals surface area contributed by atoms with Crippen LogP contribution in [0.15, 0.2) is 54.6 Å². The Balaban J connectivity index is 1.90. The maximum absolute atomic E-state index is 14.3. The summed E-state index contributed by atoms with van der Waals surface area (Å²) in [4.78, 5) is 11.9. The first-order valence-electron chi connectivity index (χ1n) is 9.84. The maximum atomic E-state index is 14.3. The number of benzene rings is 2. The Kier molecular flexibility index (Phi) is 8.11. The van der Waals surface area contributed by atoms with Crippen molar-refractivity contribution in [3.63, 3.8) is 0 Å². The van der Waals surface area contributed by atoms with Gasteiger partial charge in [-0.2, -0.15) is 8.78 Å². The van der Waals surface area contributed by atoms with Crippen molar-refractivity contribution in [2.75, 3.05) is 6.17 Å². The van der Waals surface area contributed by atoms with E-state index < -0.39 is 32.0 Å². The summed E-state index contributed by atoms with van der Waals surface area (Å²) in [6.45, 7) is 6.25. The lowest BCUT2D eigenvalue weighted by molar-refractivity contribution is -0.165. The van der Waals surface area contributed by atoms with Crippen LogP contribution in [0.1, 0.15) is 11.1 Å². The molecule has 2 unspecified atom stereocenters. The number of amides is 1. The Hall–Kier alpha value is -2.29. The van der Waals surface area contributed by atoms with Gasteiger partial charge < -0.3 is 20.9 Å². The van der Waals surface area contributed by atoms with Crippen LogP contribution in [-0.2, 0) is 17.8 Å². The highest BCUT2D eigenvalue weighted by atomic mass is 28.3. The molecule has 1 amide bonds. The van der Waals surface area contributed by atoms with E-state index in [4.69, 9.17) is 10.5 Å². The van der Waals surface area contributed by atoms with Gasteiger partial charge in [-0.15, -0.1) is 0 Å². The Morgan fingerprint density at radius 2 is 1.70 bits per heavy atom. The standard InChI is InChI=1S/C22H30F2N2O3Si/c1-30(2,3)15-26-21(28)22(23,24)20(27)19(25)13-16-9-11-18(12-10-16)29-14-17-7-5-4-6-8-17/h4-12,19-20,27H,13-15,25H2,1-3H3,(H,26,28). The third kappa shape index (κ3) is 7.19. The first-order valence-corrected chi connectivity index (χ1v) is 13.6. The average Bonchev–Trinajstić information content (AvgIpc) is 2.71. The molecule has 0 aliphatic heterocycles. The van der Waals surface area contributed by atoms with Crippen LogP contribution in [0.4, 0.5) is 8.78 Å². The molecule has 164 valence electrons. The zero-order valence-electron chi connectivity index (χ0n) is 17.6. The highest BCUT2D eigenvalue weighted by Gasteiger charge is 2.49. The minimum absolute atomic E-state index is 0.00295. The van der Waals surface area contributed by atoms with E-state index in [1.54, 1.807) is 24.3 Å². The summed E-state index contributed by atoms with van der Waals surface area (Å²) in [5.74, 6) is -4.82. The minimum Gasteiger partial charge on any atom is -0.489 e. The van der Waals surface area contributed by atoms with Crippen molar-refractivity contribution in [3.8, 4) is 5.75 Å². The molecular weight excluding hydrogens is 406 g/mol. The van der Waals surface area contributed by atoms with Crippen LogP contribution in [0.3, 0.4) is 0 Å². The van der Waals surface area contributed by atoms with Crippen molar-refractivity contribution >= 4 is 14.0 Å². The Morgan fingerprint density at radius 3 is 2.27 bits per heavy atom. The fourth-order valence-corrected chi connectivity index (χ4v) is 3.40. The molecule has 30 heavy (non-hydrogen) atoms. The van der Waals surface area contributed by atoms with Gasteiger partial charge in [0.1, 0.15) is 18.5 Å². The number of aliphatic hydroxyl groups excluding tert-OH is 1. The Bertz CT molecular complexity index is 811. The van der Waals surface area contributed by atoms with Gasteiger partial charge in [0.2, 0.25) is 0 Å². The molecular formula is C22H30F2N2O3Si. The zero-order chi connectivity index (χ0) is 22.4. The van der Waals surface area contributed by atoms with Gasteiger partial charge in [-0.05, 0) is 29.7 Å². The van der Waals surface area contributed by atoms with Crippen LogP contribution < -0.4 is 15.8 Å². The molecule has 0 bridgehead atoms. The second-order valence-electron chi connectivity index (χ2n) is 8.60. The van der Waals surface area contributed by atoms with Gasteiger partial charge in [-0.25, -0.2) is 0 Å². The molecule has 4 N–H and O–H groups in total. The molecule has 5 nitrogen and oxygen atoms in total. The second-order valence-corrected chi connectivity index (χ2v) is 14.1. The number of carbonyl (C=O) groups is 1. The van der Waals surface area contributed by atoms with Crippen molar-refractivity contribution in [1.82, 2.24) is 5.32 Å². The van der Waals surface area contributed by atoms with Gasteiger partial charge in [-0.3, -0.25) is 4.79 Å². The molecule has 2 aromatic carbocycles. The number of halogens is 2. The molecule has 2 rings (SSSR count). The first kappa shape index (κ1) is 24.0. The molecule has 2 atom stereocenters. The summed E-state index contributed by atoms with van der Waals surface area (Å²) >= 11 is 0. The van der Waals surface area contributed by atoms with Crippen LogP contribution in [-0.4, -0.2) is 43.3 Å². The van der Waals surface area contributed by atoms with E-state index in [9.17, 15) is 18.7 Å². The highest BCUT2D eigenvalue weighted by Crippen LogP contribution is 2.23. The van der Waals surface area contributed by atoms with E-state index in [-0.39, 0.29) is 12.6 Å². The van der Waals surface area contributed by atoms with Crippen LogP contribution in [0.5, 0.6) is 5.75 Å². The average molecular weight is 437 g/mol. The van der Waals surface area contributed by atoms with Crippen LogP contribution in [0.2, 0.25) is 19.6 Å². The number of hydrogen-bond acceptors (Lipinski definition) is 4. The predicted octanol–water partition coefficient (Wildman–Crippen LogP) is 3.13. The largest absolute Gasteiger partial charge is 0.489 e. The lowest BCUT2D eigenvalue weighted by Gasteiger charge is -2.27. The maximum Gasteiger partial charge on any atom is 0.351 e. The number of ether oxygens (including phenoxy) is 1. The van der Waals surface area contributed by atoms with Gasteiger partial charge in [0, 0.05) is 12.2 Å². The SMILES string of the molecule is C[Si](C)(C)CNC(=O)C(F)(F)C(O)C(N)Cc1ccc(OCc2ccccc2)cc1. The third-order valence-electron chi connectivity index (χ3n) is 4.50. The minimum atomic E-state index is -3.96. The molecule has 0 aromatic heterocycles. The summed E-state index contributed by atoms with van der Waals surface area (Å²) < 4.78 is 34.3. The van der Waals surface area contributed by atoms with E-state index in [2.05, 4.69) is 5.32 Å². The summed E-state index contributed by atoms with van der Waals surface area (Å²) in [6, 6.07) is 15.2. The first-order chi connectivity index (χ1) is 14.0. The van der Waals surface area contributed by atoms with Crippen molar-refractivity contribution in [3.05, 3.63) is 65.7 Å². The molecule has 8 heteroatoms. The summed E-state index contributed by atoms with van der Waals surface area (Å²) in [5, 5.41) is 12.3. The molecule has 0 aliphatic carbocycles. The number of nitrogens with one attached hydrogen (secondary N) is 1. The van der Waals surface area contributed by atoms with E-state index in [1.165, 1.54) is 0 Å². The number of rotatable bonds is 10. The topological polar surface area (TPSA) is 84.6 Å². The van der Waals surface area contributed by atoms with Crippen molar-refractivity contribution < 1.29 is 23.4 Å².